The molecule has 0 saturated carbocycles. The van der Waals surface area contributed by atoms with Crippen molar-refractivity contribution < 1.29 is 19.4 Å². The molecule has 198 valence electrons. The molecule has 7 heteroatoms. The van der Waals surface area contributed by atoms with Crippen molar-refractivity contribution in [2.75, 3.05) is 19.6 Å². The second-order valence-electron chi connectivity index (χ2n) is 10.6. The van der Waals surface area contributed by atoms with Gasteiger partial charge in [0.15, 0.2) is 11.9 Å². The number of hydrogen-bond donors (Lipinski definition) is 1. The molecular formula is C31H33ClN2O4. The lowest BCUT2D eigenvalue weighted by atomic mass is 9.84. The SMILES string of the molecule is CC(C)(C=O)Oc1ccc2c(c1)/C(=C/CCN1CCC(O)(c3ccc(Cl)cc3)CC1)c1cccnc1CO2. The molecule has 2 aliphatic heterocycles. The number of carbonyl (C=O) groups is 1. The summed E-state index contributed by atoms with van der Waals surface area (Å²) in [6.07, 6.45) is 7.02. The van der Waals surface area contributed by atoms with E-state index in [1.807, 2.05) is 48.5 Å². The van der Waals surface area contributed by atoms with Crippen molar-refractivity contribution in [2.45, 2.75) is 50.9 Å². The summed E-state index contributed by atoms with van der Waals surface area (Å²) in [5.41, 5.74) is 3.08. The highest BCUT2D eigenvalue weighted by Crippen LogP contribution is 2.39. The first-order valence-corrected chi connectivity index (χ1v) is 13.4. The number of ether oxygens (including phenoxy) is 2. The van der Waals surface area contributed by atoms with Crippen LogP contribution < -0.4 is 9.47 Å². The van der Waals surface area contributed by atoms with Gasteiger partial charge in [-0.15, -0.1) is 0 Å². The van der Waals surface area contributed by atoms with E-state index in [1.165, 1.54) is 0 Å². The molecule has 0 aliphatic carbocycles. The van der Waals surface area contributed by atoms with Crippen molar-refractivity contribution in [3.8, 4) is 11.5 Å². The third-order valence-electron chi connectivity index (χ3n) is 7.31. The number of piperidine rings is 1. The minimum absolute atomic E-state index is 0.385. The summed E-state index contributed by atoms with van der Waals surface area (Å²) < 4.78 is 12.1. The van der Waals surface area contributed by atoms with Gasteiger partial charge in [0, 0.05) is 42.0 Å². The normalized spacial score (nSPS) is 18.2. The minimum Gasteiger partial charge on any atom is -0.487 e. The fourth-order valence-corrected chi connectivity index (χ4v) is 5.26. The zero-order valence-corrected chi connectivity index (χ0v) is 22.6. The first kappa shape index (κ1) is 26.4. The molecule has 1 saturated heterocycles. The Morgan fingerprint density at radius 3 is 2.63 bits per heavy atom. The number of nitrogens with zero attached hydrogens (tertiary/aromatic N) is 2. The molecule has 0 radical (unpaired) electrons. The van der Waals surface area contributed by atoms with Gasteiger partial charge < -0.3 is 19.5 Å². The third-order valence-corrected chi connectivity index (χ3v) is 7.56. The third kappa shape index (κ3) is 5.78. The van der Waals surface area contributed by atoms with Gasteiger partial charge >= 0.3 is 0 Å². The van der Waals surface area contributed by atoms with Crippen LogP contribution in [0.3, 0.4) is 0 Å². The Kier molecular flexibility index (Phi) is 7.57. The lowest BCUT2D eigenvalue weighted by molar-refractivity contribution is -0.119. The van der Waals surface area contributed by atoms with Crippen molar-refractivity contribution in [1.82, 2.24) is 9.88 Å². The molecule has 5 rings (SSSR count). The van der Waals surface area contributed by atoms with Gasteiger partial charge in [0.05, 0.1) is 11.3 Å². The standard InChI is InChI=1S/C31H33ClN2O4/c1-30(2,21-35)38-24-11-12-29-27(19-24)25(26-5-3-15-33-28(26)20-37-29)6-4-16-34-17-13-31(36,14-18-34)22-7-9-23(32)10-8-22/h3,5-12,15,19,21,36H,4,13-14,16-18,20H2,1-2H3/b25-6+. The van der Waals surface area contributed by atoms with E-state index in [1.54, 1.807) is 20.0 Å². The summed E-state index contributed by atoms with van der Waals surface area (Å²) in [5.74, 6) is 1.37. The summed E-state index contributed by atoms with van der Waals surface area (Å²) in [6.45, 7) is 6.38. The van der Waals surface area contributed by atoms with Gasteiger partial charge in [0.25, 0.3) is 0 Å². The van der Waals surface area contributed by atoms with Gasteiger partial charge in [0.2, 0.25) is 0 Å². The number of halogens is 1. The van der Waals surface area contributed by atoms with Crippen LogP contribution in [0.4, 0.5) is 0 Å². The molecule has 3 aromatic rings. The van der Waals surface area contributed by atoms with Crippen LogP contribution in [0, 0.1) is 0 Å². The number of benzene rings is 2. The average molecular weight is 533 g/mol. The number of carbonyl (C=O) groups excluding carboxylic acids is 1. The maximum Gasteiger partial charge on any atom is 0.162 e. The van der Waals surface area contributed by atoms with Crippen molar-refractivity contribution in [2.24, 2.45) is 0 Å². The molecule has 1 aromatic heterocycles. The Balaban J connectivity index is 1.34. The predicted octanol–water partition coefficient (Wildman–Crippen LogP) is 5.79. The molecule has 0 amide bonds. The molecule has 0 atom stereocenters. The van der Waals surface area contributed by atoms with Crippen molar-refractivity contribution in [3.63, 3.8) is 0 Å². The van der Waals surface area contributed by atoms with Crippen LogP contribution >= 0.6 is 11.6 Å². The van der Waals surface area contributed by atoms with Gasteiger partial charge in [-0.05, 0) is 80.6 Å². The number of fused-ring (bicyclic) bond motifs is 2. The second-order valence-corrected chi connectivity index (χ2v) is 11.0. The zero-order valence-electron chi connectivity index (χ0n) is 21.8. The van der Waals surface area contributed by atoms with Gasteiger partial charge in [-0.3, -0.25) is 9.78 Å². The van der Waals surface area contributed by atoms with Gasteiger partial charge in [-0.25, -0.2) is 0 Å². The quantitative estimate of drug-likeness (QED) is 0.388. The Morgan fingerprint density at radius 1 is 1.13 bits per heavy atom. The number of hydrogen-bond acceptors (Lipinski definition) is 6. The van der Waals surface area contributed by atoms with Crippen LogP contribution in [0.1, 0.15) is 55.5 Å². The summed E-state index contributed by atoms with van der Waals surface area (Å²) in [5, 5.41) is 11.9. The topological polar surface area (TPSA) is 71.9 Å². The first-order chi connectivity index (χ1) is 18.3. The molecule has 2 aromatic carbocycles. The largest absolute Gasteiger partial charge is 0.487 e. The molecule has 38 heavy (non-hydrogen) atoms. The van der Waals surface area contributed by atoms with Crippen LogP contribution in [0.2, 0.25) is 5.02 Å². The molecule has 6 nitrogen and oxygen atoms in total. The Labute approximate surface area is 228 Å². The van der Waals surface area contributed by atoms with E-state index in [4.69, 9.17) is 21.1 Å². The Bertz CT molecular complexity index is 1330. The number of pyridine rings is 1. The minimum atomic E-state index is -0.925. The number of aliphatic hydroxyl groups is 1. The van der Waals surface area contributed by atoms with E-state index in [-0.39, 0.29) is 0 Å². The van der Waals surface area contributed by atoms with Crippen molar-refractivity contribution in [3.05, 3.63) is 94.3 Å². The molecule has 1 N–H and O–H groups in total. The Morgan fingerprint density at radius 2 is 1.89 bits per heavy atom. The van der Waals surface area contributed by atoms with Gasteiger partial charge in [-0.2, -0.15) is 0 Å². The number of aldehydes is 1. The van der Waals surface area contributed by atoms with Crippen LogP contribution in [-0.2, 0) is 17.0 Å². The number of aromatic nitrogens is 1. The highest BCUT2D eigenvalue weighted by atomic mass is 35.5. The first-order valence-electron chi connectivity index (χ1n) is 13.0. The summed E-state index contributed by atoms with van der Waals surface area (Å²) in [7, 11) is 0. The average Bonchev–Trinajstić information content (AvgIpc) is 3.07. The summed E-state index contributed by atoms with van der Waals surface area (Å²) >= 11 is 6.03. The van der Waals surface area contributed by atoms with E-state index >= 15 is 0 Å². The molecular weight excluding hydrogens is 500 g/mol. The smallest absolute Gasteiger partial charge is 0.162 e. The number of rotatable bonds is 7. The molecule has 0 unspecified atom stereocenters. The van der Waals surface area contributed by atoms with E-state index in [0.29, 0.717) is 30.2 Å². The van der Waals surface area contributed by atoms with Crippen LogP contribution in [0.25, 0.3) is 5.57 Å². The highest BCUT2D eigenvalue weighted by molar-refractivity contribution is 6.30. The molecule has 0 bridgehead atoms. The van der Waals surface area contributed by atoms with Crippen molar-refractivity contribution >= 4 is 23.5 Å². The highest BCUT2D eigenvalue weighted by Gasteiger charge is 2.33. The summed E-state index contributed by atoms with van der Waals surface area (Å²) in [6, 6.07) is 17.2. The Hall–Kier alpha value is -3.19. The number of likely N-dealkylation sites (tertiary alicyclic amines) is 1. The fourth-order valence-electron chi connectivity index (χ4n) is 5.13. The predicted molar refractivity (Wildman–Crippen MR) is 149 cm³/mol. The van der Waals surface area contributed by atoms with Crippen molar-refractivity contribution in [1.29, 1.82) is 0 Å². The van der Waals surface area contributed by atoms with E-state index in [0.717, 1.165) is 66.0 Å². The fraction of sp³-hybridized carbons (Fsp3) is 0.355. The molecule has 1 fully saturated rings. The van der Waals surface area contributed by atoms with E-state index in [2.05, 4.69) is 22.0 Å². The van der Waals surface area contributed by atoms with Gasteiger partial charge in [0.1, 0.15) is 18.1 Å². The van der Waals surface area contributed by atoms with Crippen LogP contribution in [0.5, 0.6) is 11.5 Å². The lowest BCUT2D eigenvalue weighted by Gasteiger charge is -2.38. The second kappa shape index (κ2) is 10.9. The monoisotopic (exact) mass is 532 g/mol. The zero-order chi connectivity index (χ0) is 26.8. The molecule has 2 aliphatic rings. The van der Waals surface area contributed by atoms with Gasteiger partial charge in [-0.1, -0.05) is 35.9 Å². The van der Waals surface area contributed by atoms with Crippen LogP contribution in [-0.4, -0.2) is 46.5 Å². The maximum atomic E-state index is 11.4. The molecule has 0 spiro atoms. The molecule has 3 heterocycles. The lowest BCUT2D eigenvalue weighted by Crippen LogP contribution is -2.42. The van der Waals surface area contributed by atoms with Crippen LogP contribution in [0.15, 0.2) is 66.9 Å². The maximum absolute atomic E-state index is 11.4. The van der Waals surface area contributed by atoms with E-state index in [9.17, 15) is 9.90 Å². The van der Waals surface area contributed by atoms with E-state index < -0.39 is 11.2 Å². The summed E-state index contributed by atoms with van der Waals surface area (Å²) in [4.78, 5) is 18.4.